The molecule has 0 aliphatic carbocycles. The van der Waals surface area contributed by atoms with Crippen LogP contribution in [0, 0.1) is 35.0 Å². The smallest absolute Gasteiger partial charge is 0.410 e. The van der Waals surface area contributed by atoms with Crippen LogP contribution in [-0.2, 0) is 39.9 Å². The summed E-state index contributed by atoms with van der Waals surface area (Å²) in [7, 11) is 1.96. The number of benzene rings is 1. The van der Waals surface area contributed by atoms with Gasteiger partial charge in [-0.15, -0.1) is 0 Å². The first-order valence-corrected chi connectivity index (χ1v) is 20.6. The van der Waals surface area contributed by atoms with E-state index < -0.39 is 77.4 Å². The number of esters is 1. The second kappa shape index (κ2) is 17.6. The normalized spacial score (nSPS) is 35.9. The number of carbonyl (C=O) groups is 4. The fraction of sp³-hybridized carbons (Fsp3) is 0.705. The molecule has 2 aromatic rings. The zero-order valence-corrected chi connectivity index (χ0v) is 35.3. The van der Waals surface area contributed by atoms with Crippen LogP contribution in [-0.4, -0.2) is 106 Å². The van der Waals surface area contributed by atoms with Crippen molar-refractivity contribution in [1.82, 2.24) is 14.8 Å². The van der Waals surface area contributed by atoms with Crippen LogP contribution in [0.5, 0.6) is 0 Å². The number of rotatable bonds is 9. The summed E-state index contributed by atoms with van der Waals surface area (Å²) < 4.78 is 25.2. The van der Waals surface area contributed by atoms with Crippen LogP contribution in [0.3, 0.4) is 0 Å². The molecule has 0 bridgehead atoms. The summed E-state index contributed by atoms with van der Waals surface area (Å²) in [6.07, 6.45) is -2.79. The topological polar surface area (TPSA) is 145 Å². The molecule has 0 saturated carbocycles. The van der Waals surface area contributed by atoms with Crippen molar-refractivity contribution in [3.8, 4) is 0 Å². The van der Waals surface area contributed by atoms with Gasteiger partial charge in [-0.25, -0.2) is 4.79 Å². The molecule has 5 rings (SSSR count). The second-order valence-corrected chi connectivity index (χ2v) is 17.7. The largest absolute Gasteiger partial charge is 0.457 e. The number of amides is 1. The van der Waals surface area contributed by atoms with E-state index in [0.717, 1.165) is 16.6 Å². The molecule has 1 amide bonds. The maximum Gasteiger partial charge on any atom is 0.410 e. The van der Waals surface area contributed by atoms with E-state index >= 15 is 0 Å². The summed E-state index contributed by atoms with van der Waals surface area (Å²) in [5, 5.41) is 12.2. The predicted molar refractivity (Wildman–Crippen MR) is 212 cm³/mol. The first kappa shape index (κ1) is 43.7. The third kappa shape index (κ3) is 8.83. The molecule has 0 unspecified atom stereocenters. The van der Waals surface area contributed by atoms with E-state index in [2.05, 4.69) is 4.90 Å². The average Bonchev–Trinajstić information content (AvgIpc) is 3.45. The van der Waals surface area contributed by atoms with Crippen molar-refractivity contribution in [1.29, 1.82) is 0 Å². The lowest BCUT2D eigenvalue weighted by atomic mass is 9.69. The molecule has 56 heavy (non-hydrogen) atoms. The number of Topliss-reactive ketones (excluding diaryl/α,β-unsaturated/α-hetero) is 2. The molecule has 12 nitrogen and oxygen atoms in total. The molecule has 3 fully saturated rings. The van der Waals surface area contributed by atoms with Gasteiger partial charge in [0.15, 0.2) is 17.7 Å². The Hall–Kier alpha value is -3.45. The number of ether oxygens (including phenoxy) is 4. The van der Waals surface area contributed by atoms with Crippen molar-refractivity contribution in [3.05, 3.63) is 42.1 Å². The number of aliphatic hydroxyl groups is 1. The summed E-state index contributed by atoms with van der Waals surface area (Å²) in [4.78, 5) is 65.5. The van der Waals surface area contributed by atoms with E-state index in [1.165, 1.54) is 6.92 Å². The van der Waals surface area contributed by atoms with E-state index in [-0.39, 0.29) is 36.6 Å². The molecular weight excluding hydrogens is 714 g/mol. The van der Waals surface area contributed by atoms with Crippen LogP contribution < -0.4 is 0 Å². The summed E-state index contributed by atoms with van der Waals surface area (Å²) >= 11 is 0. The molecule has 0 radical (unpaired) electrons. The van der Waals surface area contributed by atoms with Crippen molar-refractivity contribution in [2.24, 2.45) is 35.0 Å². The first-order valence-electron chi connectivity index (χ1n) is 20.6. The number of ketones is 2. The standard InChI is InChI=1S/C44H65N3O9/c1-12-34-44(13-2)38(47(42(52)56-44)21-20-46(11)24-32-19-18-31-16-14-15-17-33(31)45-32)28(6)35(48)26(4)23-43(9,10)39(29(7)37(50)30(8)40(51)54-34)55-41-36(49)25(3)22-27(5)53-41/h14-19,25-30,34,36,38-39,41,49H,12-13,20-24H2,1-11H3/t25-,26+,27+,28-,29-,30+,34+,36+,38+,39+,41-,44+/m0/s1. The van der Waals surface area contributed by atoms with E-state index in [1.807, 2.05) is 98.8 Å². The minimum atomic E-state index is -1.34. The zero-order chi connectivity index (χ0) is 41.3. The van der Waals surface area contributed by atoms with Gasteiger partial charge in [0.25, 0.3) is 0 Å². The summed E-state index contributed by atoms with van der Waals surface area (Å²) in [5.41, 5.74) is -0.329. The number of fused-ring (bicyclic) bond motifs is 2. The zero-order valence-electron chi connectivity index (χ0n) is 35.3. The van der Waals surface area contributed by atoms with Gasteiger partial charge < -0.3 is 24.1 Å². The molecule has 12 heteroatoms. The Morgan fingerprint density at radius 3 is 2.34 bits per heavy atom. The molecule has 310 valence electrons. The number of hydrogen-bond acceptors (Lipinski definition) is 11. The SMILES string of the molecule is CC[C@H]1OC(=O)[C@H](C)C(=O)[C@H](C)[C@@H](O[C@@H]2O[C@H](C)C[C@H](C)[C@H]2O)C(C)(C)C[C@@H](C)C(=O)[C@H](C)[C@H]2N(CCN(C)Cc3ccc4ccccc4n3)C(=O)O[C@]12CC. The molecule has 3 aliphatic rings. The number of aliphatic hydroxyl groups excluding tert-OH is 1. The Morgan fingerprint density at radius 1 is 0.964 bits per heavy atom. The fourth-order valence-electron chi connectivity index (χ4n) is 9.75. The van der Waals surface area contributed by atoms with Crippen LogP contribution in [0.4, 0.5) is 4.79 Å². The monoisotopic (exact) mass is 779 g/mol. The molecule has 1 N–H and O–H groups in total. The van der Waals surface area contributed by atoms with Gasteiger partial charge in [-0.3, -0.25) is 29.2 Å². The Morgan fingerprint density at radius 2 is 1.66 bits per heavy atom. The van der Waals surface area contributed by atoms with Crippen LogP contribution >= 0.6 is 0 Å². The van der Waals surface area contributed by atoms with Crippen molar-refractivity contribution < 1.29 is 43.2 Å². The summed E-state index contributed by atoms with van der Waals surface area (Å²) in [6, 6.07) is 11.2. The van der Waals surface area contributed by atoms with Gasteiger partial charge in [-0.2, -0.15) is 0 Å². The third-order valence-corrected chi connectivity index (χ3v) is 12.8. The fourth-order valence-corrected chi connectivity index (χ4v) is 9.75. The maximum absolute atomic E-state index is 14.7. The number of carbonyl (C=O) groups excluding carboxylic acids is 4. The Bertz CT molecular complexity index is 1730. The Labute approximate surface area is 333 Å². The van der Waals surface area contributed by atoms with Crippen molar-refractivity contribution in [2.45, 2.75) is 144 Å². The Balaban J connectivity index is 1.47. The molecular formula is C44H65N3O9. The third-order valence-electron chi connectivity index (χ3n) is 12.8. The number of nitrogens with zero attached hydrogens (tertiary/aromatic N) is 3. The average molecular weight is 780 g/mol. The number of cyclic esters (lactones) is 1. The highest BCUT2D eigenvalue weighted by Gasteiger charge is 2.61. The van der Waals surface area contributed by atoms with E-state index in [0.29, 0.717) is 32.4 Å². The number of pyridine rings is 1. The van der Waals surface area contributed by atoms with Gasteiger partial charge in [0, 0.05) is 42.8 Å². The number of hydrogen-bond donors (Lipinski definition) is 1. The highest BCUT2D eigenvalue weighted by molar-refractivity contribution is 6.00. The van der Waals surface area contributed by atoms with Gasteiger partial charge in [-0.05, 0) is 70.0 Å². The highest BCUT2D eigenvalue weighted by Crippen LogP contribution is 2.45. The Kier molecular flexibility index (Phi) is 13.7. The molecule has 0 spiro atoms. The first-order chi connectivity index (χ1) is 26.3. The predicted octanol–water partition coefficient (Wildman–Crippen LogP) is 6.59. The minimum absolute atomic E-state index is 0.0709. The number of para-hydroxylation sites is 1. The highest BCUT2D eigenvalue weighted by atomic mass is 16.7. The molecule has 3 aliphatic heterocycles. The summed E-state index contributed by atoms with van der Waals surface area (Å²) in [6.45, 7) is 19.8. The van der Waals surface area contributed by atoms with Crippen molar-refractivity contribution >= 4 is 34.5 Å². The maximum atomic E-state index is 14.7. The van der Waals surface area contributed by atoms with Crippen molar-refractivity contribution in [2.75, 3.05) is 20.1 Å². The van der Waals surface area contributed by atoms with E-state index in [1.54, 1.807) is 11.8 Å². The lowest BCUT2D eigenvalue weighted by Gasteiger charge is -2.46. The lowest BCUT2D eigenvalue weighted by molar-refractivity contribution is -0.284. The summed E-state index contributed by atoms with van der Waals surface area (Å²) in [5.74, 6) is -4.45. The minimum Gasteiger partial charge on any atom is -0.457 e. The van der Waals surface area contributed by atoms with E-state index in [9.17, 15) is 24.3 Å². The second-order valence-electron chi connectivity index (χ2n) is 17.7. The molecule has 1 aromatic heterocycles. The quantitative estimate of drug-likeness (QED) is 0.218. The van der Waals surface area contributed by atoms with Gasteiger partial charge >= 0.3 is 12.1 Å². The van der Waals surface area contributed by atoms with Crippen molar-refractivity contribution in [3.63, 3.8) is 0 Å². The van der Waals surface area contributed by atoms with Crippen LogP contribution in [0.1, 0.15) is 101 Å². The molecule has 3 saturated heterocycles. The van der Waals surface area contributed by atoms with Gasteiger partial charge in [-0.1, -0.05) is 79.7 Å². The van der Waals surface area contributed by atoms with Crippen LogP contribution in [0.25, 0.3) is 10.9 Å². The van der Waals surface area contributed by atoms with Crippen LogP contribution in [0.15, 0.2) is 36.4 Å². The van der Waals surface area contributed by atoms with Crippen LogP contribution in [0.2, 0.25) is 0 Å². The lowest BCUT2D eigenvalue weighted by Crippen LogP contribution is -2.60. The van der Waals surface area contributed by atoms with Gasteiger partial charge in [0.2, 0.25) is 0 Å². The number of aromatic nitrogens is 1. The molecule has 4 heterocycles. The molecule has 1 aromatic carbocycles. The van der Waals surface area contributed by atoms with E-state index in [4.69, 9.17) is 23.9 Å². The van der Waals surface area contributed by atoms with Gasteiger partial charge in [0.05, 0.1) is 29.5 Å². The molecule has 12 atom stereocenters. The van der Waals surface area contributed by atoms with Gasteiger partial charge in [0.1, 0.15) is 23.9 Å². The number of likely N-dealkylation sites (N-methyl/N-ethyl adjacent to an activating group) is 1.